The number of carbonyl (C=O) groups is 1. The fraction of sp³-hybridized carbons (Fsp3) is 0.154. The van der Waals surface area contributed by atoms with Crippen molar-refractivity contribution in [2.45, 2.75) is 6.42 Å². The smallest absolute Gasteiger partial charge is 0.321 e. The molecule has 4 nitrogen and oxygen atoms in total. The van der Waals surface area contributed by atoms with Crippen LogP contribution in [0.15, 0.2) is 51.6 Å². The molecule has 0 aliphatic rings. The Morgan fingerprint density at radius 2 is 2.17 bits per heavy atom. The van der Waals surface area contributed by atoms with Crippen molar-refractivity contribution in [2.75, 3.05) is 11.9 Å². The Morgan fingerprint density at radius 1 is 1.28 bits per heavy atom. The van der Waals surface area contributed by atoms with Crippen LogP contribution in [0.3, 0.4) is 0 Å². The van der Waals surface area contributed by atoms with Crippen molar-refractivity contribution in [3.63, 3.8) is 0 Å². The minimum absolute atomic E-state index is 0.264. The third-order valence-corrected chi connectivity index (χ3v) is 2.84. The summed E-state index contributed by atoms with van der Waals surface area (Å²) < 4.78 is 6.05. The third kappa shape index (κ3) is 3.92. The second-order valence-electron chi connectivity index (χ2n) is 3.74. The van der Waals surface area contributed by atoms with Crippen molar-refractivity contribution in [3.8, 4) is 0 Å². The average molecular weight is 309 g/mol. The predicted molar refractivity (Wildman–Crippen MR) is 73.6 cm³/mol. The van der Waals surface area contributed by atoms with Crippen LogP contribution < -0.4 is 10.6 Å². The van der Waals surface area contributed by atoms with E-state index < -0.39 is 0 Å². The number of nitrogens with one attached hydrogen (secondary N) is 2. The number of hydrogen-bond acceptors (Lipinski definition) is 2. The topological polar surface area (TPSA) is 54.3 Å². The fourth-order valence-electron chi connectivity index (χ4n) is 1.52. The van der Waals surface area contributed by atoms with Crippen LogP contribution >= 0.6 is 15.9 Å². The maximum absolute atomic E-state index is 11.5. The van der Waals surface area contributed by atoms with Gasteiger partial charge in [-0.05, 0) is 30.2 Å². The molecule has 0 bridgehead atoms. The van der Waals surface area contributed by atoms with E-state index in [2.05, 4.69) is 26.6 Å². The number of amides is 2. The number of anilines is 1. The van der Waals surface area contributed by atoms with Gasteiger partial charge >= 0.3 is 6.03 Å². The zero-order valence-corrected chi connectivity index (χ0v) is 11.2. The van der Waals surface area contributed by atoms with Gasteiger partial charge in [0.25, 0.3) is 0 Å². The zero-order valence-electron chi connectivity index (χ0n) is 9.65. The molecule has 5 heteroatoms. The third-order valence-electron chi connectivity index (χ3n) is 2.35. The molecule has 0 aliphatic carbocycles. The highest BCUT2D eigenvalue weighted by Gasteiger charge is 2.02. The van der Waals surface area contributed by atoms with E-state index >= 15 is 0 Å². The van der Waals surface area contributed by atoms with E-state index in [-0.39, 0.29) is 6.03 Å². The second-order valence-corrected chi connectivity index (χ2v) is 4.65. The molecule has 0 saturated heterocycles. The molecule has 94 valence electrons. The Hall–Kier alpha value is -1.75. The first-order chi connectivity index (χ1) is 8.74. The molecular weight excluding hydrogens is 296 g/mol. The molecule has 18 heavy (non-hydrogen) atoms. The Bertz CT molecular complexity index is 511. The maximum Gasteiger partial charge on any atom is 0.321 e. The molecule has 0 atom stereocenters. The van der Waals surface area contributed by atoms with Crippen molar-refractivity contribution in [1.29, 1.82) is 0 Å². The normalized spacial score (nSPS) is 10.1. The molecule has 1 aromatic heterocycles. The van der Waals surface area contributed by atoms with Crippen LogP contribution in [-0.4, -0.2) is 12.6 Å². The van der Waals surface area contributed by atoms with Gasteiger partial charge < -0.3 is 9.73 Å². The summed E-state index contributed by atoms with van der Waals surface area (Å²) >= 11 is 3.41. The Balaban J connectivity index is 1.73. The number of benzene rings is 1. The molecule has 1 aromatic carbocycles. The number of furan rings is 1. The minimum atomic E-state index is -0.264. The van der Waals surface area contributed by atoms with Gasteiger partial charge in [0.2, 0.25) is 5.88 Å². The second kappa shape index (κ2) is 6.26. The van der Waals surface area contributed by atoms with Crippen LogP contribution in [0.4, 0.5) is 10.7 Å². The number of halogens is 1. The van der Waals surface area contributed by atoms with Crippen molar-refractivity contribution >= 4 is 27.8 Å². The molecule has 2 rings (SSSR count). The van der Waals surface area contributed by atoms with Gasteiger partial charge in [0.15, 0.2) is 0 Å². The minimum Gasteiger partial charge on any atom is -0.449 e. The van der Waals surface area contributed by atoms with E-state index in [0.29, 0.717) is 12.4 Å². The molecule has 0 fully saturated rings. The summed E-state index contributed by atoms with van der Waals surface area (Å²) in [4.78, 5) is 11.5. The summed E-state index contributed by atoms with van der Waals surface area (Å²) in [6.45, 7) is 0.572. The predicted octanol–water partition coefficient (Wildman–Crippen LogP) is 3.41. The van der Waals surface area contributed by atoms with Gasteiger partial charge in [-0.1, -0.05) is 28.1 Å². The highest BCUT2D eigenvalue weighted by atomic mass is 79.9. The lowest BCUT2D eigenvalue weighted by Gasteiger charge is -2.05. The van der Waals surface area contributed by atoms with Crippen molar-refractivity contribution in [3.05, 3.63) is 52.7 Å². The molecule has 0 radical (unpaired) electrons. The molecule has 2 N–H and O–H groups in total. The van der Waals surface area contributed by atoms with E-state index in [4.69, 9.17) is 4.42 Å². The number of urea groups is 1. The largest absolute Gasteiger partial charge is 0.449 e. The van der Waals surface area contributed by atoms with E-state index in [0.717, 1.165) is 10.9 Å². The zero-order chi connectivity index (χ0) is 12.8. The van der Waals surface area contributed by atoms with Crippen LogP contribution in [0.5, 0.6) is 0 Å². The first-order valence-corrected chi connectivity index (χ1v) is 6.36. The highest BCUT2D eigenvalue weighted by molar-refractivity contribution is 9.10. The first kappa shape index (κ1) is 12.7. The van der Waals surface area contributed by atoms with E-state index in [1.807, 2.05) is 24.3 Å². The van der Waals surface area contributed by atoms with Crippen LogP contribution in [0.2, 0.25) is 0 Å². The number of rotatable bonds is 4. The van der Waals surface area contributed by atoms with Gasteiger partial charge in [0, 0.05) is 17.1 Å². The first-order valence-electron chi connectivity index (χ1n) is 5.57. The molecule has 0 spiro atoms. The lowest BCUT2D eigenvalue weighted by molar-refractivity contribution is 0.251. The Morgan fingerprint density at radius 3 is 2.89 bits per heavy atom. The van der Waals surface area contributed by atoms with Gasteiger partial charge in [-0.25, -0.2) is 4.79 Å². The highest BCUT2D eigenvalue weighted by Crippen LogP contribution is 2.11. The van der Waals surface area contributed by atoms with E-state index in [9.17, 15) is 4.79 Å². The van der Waals surface area contributed by atoms with Crippen LogP contribution in [-0.2, 0) is 6.42 Å². The molecular formula is C13H13BrN2O2. The molecule has 0 unspecified atom stereocenters. The Labute approximate surface area is 114 Å². The van der Waals surface area contributed by atoms with Gasteiger partial charge in [0.1, 0.15) is 0 Å². The Kier molecular flexibility index (Phi) is 4.41. The lowest BCUT2D eigenvalue weighted by atomic mass is 10.1. The standard InChI is InChI=1S/C13H13BrN2O2/c14-11-4-1-3-10(9-11)6-7-15-13(17)16-12-5-2-8-18-12/h1-5,8-9H,6-7H2,(H2,15,16,17). The lowest BCUT2D eigenvalue weighted by Crippen LogP contribution is -2.30. The summed E-state index contributed by atoms with van der Waals surface area (Å²) in [5.41, 5.74) is 1.17. The SMILES string of the molecule is O=C(NCCc1cccc(Br)c1)Nc1ccco1. The number of hydrogen-bond donors (Lipinski definition) is 2. The molecule has 0 aliphatic heterocycles. The molecule has 2 amide bonds. The summed E-state index contributed by atoms with van der Waals surface area (Å²) in [6.07, 6.45) is 2.29. The summed E-state index contributed by atoms with van der Waals surface area (Å²) in [7, 11) is 0. The van der Waals surface area contributed by atoms with Crippen LogP contribution in [0, 0.1) is 0 Å². The summed E-state index contributed by atoms with van der Waals surface area (Å²) in [6, 6.07) is 11.1. The van der Waals surface area contributed by atoms with E-state index in [1.165, 1.54) is 11.8 Å². The van der Waals surface area contributed by atoms with Crippen molar-refractivity contribution in [1.82, 2.24) is 5.32 Å². The van der Waals surface area contributed by atoms with Crippen molar-refractivity contribution < 1.29 is 9.21 Å². The quantitative estimate of drug-likeness (QED) is 0.909. The van der Waals surface area contributed by atoms with Gasteiger partial charge in [-0.15, -0.1) is 0 Å². The van der Waals surface area contributed by atoms with Crippen molar-refractivity contribution in [2.24, 2.45) is 0 Å². The maximum atomic E-state index is 11.5. The van der Waals surface area contributed by atoms with Gasteiger partial charge in [-0.2, -0.15) is 0 Å². The van der Waals surface area contributed by atoms with E-state index in [1.54, 1.807) is 12.1 Å². The molecule has 1 heterocycles. The van der Waals surface area contributed by atoms with Crippen LogP contribution in [0.25, 0.3) is 0 Å². The molecule has 0 saturated carbocycles. The average Bonchev–Trinajstić information content (AvgIpc) is 2.82. The fourth-order valence-corrected chi connectivity index (χ4v) is 1.97. The van der Waals surface area contributed by atoms with Gasteiger partial charge in [0.05, 0.1) is 6.26 Å². The molecule has 2 aromatic rings. The summed E-state index contributed by atoms with van der Waals surface area (Å²) in [5.74, 6) is 0.440. The summed E-state index contributed by atoms with van der Waals surface area (Å²) in [5, 5.41) is 5.36. The number of carbonyl (C=O) groups excluding carboxylic acids is 1. The van der Waals surface area contributed by atoms with Crippen LogP contribution in [0.1, 0.15) is 5.56 Å². The van der Waals surface area contributed by atoms with Gasteiger partial charge in [-0.3, -0.25) is 5.32 Å². The monoisotopic (exact) mass is 308 g/mol.